The monoisotopic (exact) mass is 124 g/mol. The molecule has 9 heavy (non-hydrogen) atoms. The van der Waals surface area contributed by atoms with Gasteiger partial charge in [-0.1, -0.05) is 18.2 Å². The lowest BCUT2D eigenvalue weighted by atomic mass is 10.3. The summed E-state index contributed by atoms with van der Waals surface area (Å²) in [4.78, 5) is 0. The van der Waals surface area contributed by atoms with Crippen LogP contribution in [0.15, 0.2) is 30.3 Å². The van der Waals surface area contributed by atoms with Crippen LogP contribution in [0, 0.1) is 0 Å². The quantitative estimate of drug-likeness (QED) is 0.596. The fourth-order valence-corrected chi connectivity index (χ4v) is 0.591. The molecule has 1 rings (SSSR count). The summed E-state index contributed by atoms with van der Waals surface area (Å²) in [6.07, 6.45) is 0. The summed E-state index contributed by atoms with van der Waals surface area (Å²) < 4.78 is 4.76. The second-order valence-electron chi connectivity index (χ2n) is 1.59. The fraction of sp³-hybridized carbons (Fsp3) is 0.143. The summed E-state index contributed by atoms with van der Waals surface area (Å²) in [5.41, 5.74) is 0. The third-order valence-electron chi connectivity index (χ3n) is 0.974. The van der Waals surface area contributed by atoms with E-state index in [1.807, 2.05) is 18.2 Å². The van der Waals surface area contributed by atoms with Crippen LogP contribution in [0.1, 0.15) is 0 Å². The molecule has 0 atom stereocenters. The molecule has 0 aliphatic rings. The molecule has 0 bridgehead atoms. The van der Waals surface area contributed by atoms with Gasteiger partial charge in [-0.2, -0.15) is 0 Å². The smallest absolute Gasteiger partial charge is 0.186 e. The minimum atomic E-state index is -0.260. The van der Waals surface area contributed by atoms with Crippen molar-refractivity contribution in [1.29, 1.82) is 0 Å². The van der Waals surface area contributed by atoms with Crippen LogP contribution in [0.2, 0.25) is 0 Å². The van der Waals surface area contributed by atoms with Crippen molar-refractivity contribution in [1.82, 2.24) is 0 Å². The van der Waals surface area contributed by atoms with E-state index in [4.69, 9.17) is 9.84 Å². The maximum absolute atomic E-state index is 8.30. The average molecular weight is 124 g/mol. The Balaban J connectivity index is 2.61. The predicted molar refractivity (Wildman–Crippen MR) is 34.2 cm³/mol. The van der Waals surface area contributed by atoms with Gasteiger partial charge in [0.2, 0.25) is 0 Å². The lowest BCUT2D eigenvalue weighted by molar-refractivity contribution is 0.0985. The number of aliphatic hydroxyl groups excluding tert-OH is 1. The van der Waals surface area contributed by atoms with Crippen LogP contribution in [0.25, 0.3) is 0 Å². The molecule has 0 heterocycles. The molecule has 0 radical (unpaired) electrons. The first-order chi connectivity index (χ1) is 4.43. The zero-order chi connectivity index (χ0) is 6.53. The van der Waals surface area contributed by atoms with Crippen molar-refractivity contribution in [2.24, 2.45) is 0 Å². The standard InChI is InChI=1S/C7H8O2/c8-6-9-7-4-2-1-3-5-7/h1-5,8H,6H2. The summed E-state index contributed by atoms with van der Waals surface area (Å²) in [5, 5.41) is 8.30. The lowest BCUT2D eigenvalue weighted by Gasteiger charge is -1.98. The summed E-state index contributed by atoms with van der Waals surface area (Å²) in [6.45, 7) is -0.260. The van der Waals surface area contributed by atoms with E-state index in [0.717, 1.165) is 0 Å². The van der Waals surface area contributed by atoms with Crippen molar-refractivity contribution in [2.45, 2.75) is 0 Å². The molecular formula is C7H8O2. The fourth-order valence-electron chi connectivity index (χ4n) is 0.591. The minimum Gasteiger partial charge on any atom is -0.468 e. The molecule has 1 N–H and O–H groups in total. The number of hydrogen-bond acceptors (Lipinski definition) is 2. The average Bonchev–Trinajstić information content (AvgIpc) is 1.91. The number of aliphatic hydroxyl groups is 1. The third-order valence-corrected chi connectivity index (χ3v) is 0.974. The van der Waals surface area contributed by atoms with E-state index in [1.165, 1.54) is 0 Å². The molecule has 0 aliphatic heterocycles. The van der Waals surface area contributed by atoms with Crippen LogP contribution in [0.4, 0.5) is 0 Å². The van der Waals surface area contributed by atoms with Gasteiger partial charge in [0, 0.05) is 0 Å². The highest BCUT2D eigenvalue weighted by molar-refractivity contribution is 5.20. The van der Waals surface area contributed by atoms with Crippen LogP contribution in [0.3, 0.4) is 0 Å². The second kappa shape index (κ2) is 3.10. The minimum absolute atomic E-state index is 0.260. The van der Waals surface area contributed by atoms with Gasteiger partial charge in [0.05, 0.1) is 0 Å². The first-order valence-corrected chi connectivity index (χ1v) is 2.72. The molecule has 0 amide bonds. The predicted octanol–water partition coefficient (Wildman–Crippen LogP) is 1.02. The van der Waals surface area contributed by atoms with Gasteiger partial charge >= 0.3 is 0 Å². The Morgan fingerprint density at radius 1 is 1.22 bits per heavy atom. The Kier molecular flexibility index (Phi) is 2.10. The van der Waals surface area contributed by atoms with Gasteiger partial charge < -0.3 is 9.84 Å². The van der Waals surface area contributed by atoms with E-state index in [9.17, 15) is 0 Å². The molecule has 0 spiro atoms. The SMILES string of the molecule is OCOc1ccccc1. The molecule has 0 unspecified atom stereocenters. The Bertz CT molecular complexity index is 160. The summed E-state index contributed by atoms with van der Waals surface area (Å²) in [7, 11) is 0. The molecule has 0 aromatic heterocycles. The number of ether oxygens (including phenoxy) is 1. The summed E-state index contributed by atoms with van der Waals surface area (Å²) >= 11 is 0. The van der Waals surface area contributed by atoms with Crippen LogP contribution in [-0.2, 0) is 0 Å². The van der Waals surface area contributed by atoms with Gasteiger partial charge in [-0.15, -0.1) is 0 Å². The molecule has 1 aromatic rings. The van der Waals surface area contributed by atoms with E-state index >= 15 is 0 Å². The highest BCUT2D eigenvalue weighted by Crippen LogP contribution is 2.06. The molecule has 2 nitrogen and oxygen atoms in total. The molecule has 48 valence electrons. The molecule has 0 saturated carbocycles. The second-order valence-corrected chi connectivity index (χ2v) is 1.59. The van der Waals surface area contributed by atoms with E-state index in [2.05, 4.69) is 0 Å². The maximum Gasteiger partial charge on any atom is 0.186 e. The largest absolute Gasteiger partial charge is 0.468 e. The highest BCUT2D eigenvalue weighted by atomic mass is 16.6. The number of hydrogen-bond donors (Lipinski definition) is 1. The highest BCUT2D eigenvalue weighted by Gasteiger charge is 1.84. The maximum atomic E-state index is 8.30. The van der Waals surface area contributed by atoms with E-state index in [-0.39, 0.29) is 6.79 Å². The van der Waals surface area contributed by atoms with Crippen LogP contribution in [-0.4, -0.2) is 11.9 Å². The topological polar surface area (TPSA) is 29.5 Å². The van der Waals surface area contributed by atoms with Crippen LogP contribution < -0.4 is 4.74 Å². The Hall–Kier alpha value is -1.02. The van der Waals surface area contributed by atoms with Crippen molar-refractivity contribution in [3.05, 3.63) is 30.3 Å². The van der Waals surface area contributed by atoms with E-state index in [0.29, 0.717) is 5.75 Å². The van der Waals surface area contributed by atoms with Crippen molar-refractivity contribution in [3.63, 3.8) is 0 Å². The molecule has 2 heteroatoms. The van der Waals surface area contributed by atoms with Gasteiger partial charge in [-0.25, -0.2) is 0 Å². The summed E-state index contributed by atoms with van der Waals surface area (Å²) in [5.74, 6) is 0.694. The Morgan fingerprint density at radius 2 is 1.89 bits per heavy atom. The first-order valence-electron chi connectivity index (χ1n) is 2.72. The number of benzene rings is 1. The zero-order valence-electron chi connectivity index (χ0n) is 4.95. The number of rotatable bonds is 2. The van der Waals surface area contributed by atoms with Crippen molar-refractivity contribution < 1.29 is 9.84 Å². The molecule has 1 aromatic carbocycles. The van der Waals surface area contributed by atoms with Crippen LogP contribution in [0.5, 0.6) is 5.75 Å². The first kappa shape index (κ1) is 6.11. The van der Waals surface area contributed by atoms with Crippen molar-refractivity contribution in [2.75, 3.05) is 6.79 Å². The molecule has 0 aliphatic carbocycles. The molecular weight excluding hydrogens is 116 g/mol. The van der Waals surface area contributed by atoms with Crippen molar-refractivity contribution in [3.8, 4) is 5.75 Å². The number of para-hydroxylation sites is 1. The Labute approximate surface area is 53.7 Å². The third kappa shape index (κ3) is 1.74. The normalized spacial score (nSPS) is 9.00. The van der Waals surface area contributed by atoms with Gasteiger partial charge in [-0.05, 0) is 12.1 Å². The zero-order valence-corrected chi connectivity index (χ0v) is 4.95. The van der Waals surface area contributed by atoms with E-state index < -0.39 is 0 Å². The summed E-state index contributed by atoms with van der Waals surface area (Å²) in [6, 6.07) is 9.17. The van der Waals surface area contributed by atoms with Gasteiger partial charge in [0.1, 0.15) is 5.75 Å². The molecule has 0 saturated heterocycles. The lowest BCUT2D eigenvalue weighted by Crippen LogP contribution is -1.93. The van der Waals surface area contributed by atoms with Gasteiger partial charge in [-0.3, -0.25) is 0 Å². The van der Waals surface area contributed by atoms with Crippen LogP contribution >= 0.6 is 0 Å². The van der Waals surface area contributed by atoms with Gasteiger partial charge in [0.25, 0.3) is 0 Å². The molecule has 0 fully saturated rings. The Morgan fingerprint density at radius 3 is 2.44 bits per heavy atom. The van der Waals surface area contributed by atoms with E-state index in [1.54, 1.807) is 12.1 Å². The van der Waals surface area contributed by atoms with Gasteiger partial charge in [0.15, 0.2) is 6.79 Å². The van der Waals surface area contributed by atoms with Crippen molar-refractivity contribution >= 4 is 0 Å².